The third-order valence-corrected chi connectivity index (χ3v) is 5.08. The minimum atomic E-state index is -3.94. The van der Waals surface area contributed by atoms with Gasteiger partial charge in [0.25, 0.3) is 15.9 Å². The maximum absolute atomic E-state index is 12.5. The van der Waals surface area contributed by atoms with Crippen molar-refractivity contribution in [3.63, 3.8) is 0 Å². The average Bonchev–Trinajstić information content (AvgIpc) is 2.66. The number of benzene rings is 2. The van der Waals surface area contributed by atoms with E-state index in [1.54, 1.807) is 0 Å². The predicted molar refractivity (Wildman–Crippen MR) is 101 cm³/mol. The monoisotopic (exact) mass is 408 g/mol. The van der Waals surface area contributed by atoms with Gasteiger partial charge in [-0.2, -0.15) is 0 Å². The van der Waals surface area contributed by atoms with E-state index in [1.807, 2.05) is 4.72 Å². The van der Waals surface area contributed by atoms with Gasteiger partial charge in [0, 0.05) is 18.2 Å². The molecule has 2 rings (SSSR count). The van der Waals surface area contributed by atoms with Gasteiger partial charge in [0.15, 0.2) is 11.5 Å². The van der Waals surface area contributed by atoms with Crippen molar-refractivity contribution in [1.29, 1.82) is 0 Å². The molecule has 2 amide bonds. The van der Waals surface area contributed by atoms with Crippen LogP contribution in [0.25, 0.3) is 0 Å². The van der Waals surface area contributed by atoms with Crippen LogP contribution in [0.3, 0.4) is 0 Å². The molecule has 10 heteroatoms. The molecule has 0 aliphatic heterocycles. The molecule has 0 spiro atoms. The first-order valence-corrected chi connectivity index (χ1v) is 9.45. The van der Waals surface area contributed by atoms with Gasteiger partial charge >= 0.3 is 0 Å². The minimum Gasteiger partial charge on any atom is -0.493 e. The second-order valence-corrected chi connectivity index (χ2v) is 7.24. The molecule has 0 bridgehead atoms. The molecular weight excluding hydrogens is 388 g/mol. The van der Waals surface area contributed by atoms with Crippen LogP contribution < -0.4 is 24.2 Å². The van der Waals surface area contributed by atoms with Gasteiger partial charge in [0.05, 0.1) is 26.2 Å². The van der Waals surface area contributed by atoms with E-state index in [0.717, 1.165) is 6.92 Å². The summed E-state index contributed by atoms with van der Waals surface area (Å²) in [6.45, 7) is 1.10. The van der Waals surface area contributed by atoms with Crippen LogP contribution >= 0.6 is 0 Å². The van der Waals surface area contributed by atoms with E-state index in [2.05, 4.69) is 5.32 Å². The van der Waals surface area contributed by atoms with Crippen LogP contribution in [0.2, 0.25) is 0 Å². The number of carbonyl (C=O) groups is 2. The van der Waals surface area contributed by atoms with Gasteiger partial charge in [0.1, 0.15) is 0 Å². The van der Waals surface area contributed by atoms with Gasteiger partial charge < -0.3 is 19.5 Å². The van der Waals surface area contributed by atoms with E-state index >= 15 is 0 Å². The number of hydrogen-bond acceptors (Lipinski definition) is 7. The van der Waals surface area contributed by atoms with Crippen molar-refractivity contribution in [1.82, 2.24) is 4.72 Å². The first kappa shape index (κ1) is 21.0. The average molecular weight is 408 g/mol. The summed E-state index contributed by atoms with van der Waals surface area (Å²) in [6.07, 6.45) is 0. The van der Waals surface area contributed by atoms with Gasteiger partial charge in [-0.25, -0.2) is 13.1 Å². The van der Waals surface area contributed by atoms with Gasteiger partial charge in [-0.05, 0) is 36.4 Å². The smallest absolute Gasteiger partial charge is 0.264 e. The Balaban J connectivity index is 2.25. The van der Waals surface area contributed by atoms with E-state index in [9.17, 15) is 18.0 Å². The van der Waals surface area contributed by atoms with Crippen molar-refractivity contribution in [3.8, 4) is 17.2 Å². The second-order valence-electron chi connectivity index (χ2n) is 5.55. The summed E-state index contributed by atoms with van der Waals surface area (Å²) in [5, 5.41) is 2.64. The summed E-state index contributed by atoms with van der Waals surface area (Å²) in [6, 6.07) is 8.35. The van der Waals surface area contributed by atoms with Crippen molar-refractivity contribution in [3.05, 3.63) is 42.0 Å². The third-order valence-electron chi connectivity index (χ3n) is 3.63. The van der Waals surface area contributed by atoms with Crippen LogP contribution in [0.15, 0.2) is 41.3 Å². The third kappa shape index (κ3) is 4.71. The molecule has 2 aromatic carbocycles. The van der Waals surface area contributed by atoms with Crippen molar-refractivity contribution in [2.24, 2.45) is 0 Å². The molecule has 0 saturated carbocycles. The predicted octanol–water partition coefficient (Wildman–Crippen LogP) is 1.79. The van der Waals surface area contributed by atoms with E-state index in [4.69, 9.17) is 14.2 Å². The van der Waals surface area contributed by atoms with Crippen molar-refractivity contribution in [2.45, 2.75) is 11.8 Å². The molecule has 0 unspecified atom stereocenters. The summed E-state index contributed by atoms with van der Waals surface area (Å²) in [5.74, 6) is -0.155. The highest BCUT2D eigenvalue weighted by Crippen LogP contribution is 2.38. The van der Waals surface area contributed by atoms with Crippen LogP contribution in [-0.2, 0) is 14.8 Å². The number of nitrogens with one attached hydrogen (secondary N) is 2. The molecule has 0 heterocycles. The maximum Gasteiger partial charge on any atom is 0.264 e. The standard InChI is InChI=1S/C18H20N2O7S/c1-11(21)20-28(23,24)14-7-5-13(6-8-14)19-18(22)12-9-15(25-2)17(27-4)16(10-12)26-3/h5-10H,1-4H3,(H,19,22)(H,20,21). The zero-order chi connectivity index (χ0) is 20.9. The van der Waals surface area contributed by atoms with E-state index in [0.29, 0.717) is 22.9 Å². The van der Waals surface area contributed by atoms with E-state index in [-0.39, 0.29) is 10.5 Å². The normalized spacial score (nSPS) is 10.7. The van der Waals surface area contributed by atoms with Crippen LogP contribution in [0.4, 0.5) is 5.69 Å². The highest BCUT2D eigenvalue weighted by atomic mass is 32.2. The number of carbonyl (C=O) groups excluding carboxylic acids is 2. The first-order chi connectivity index (χ1) is 13.2. The molecular formula is C18H20N2O7S. The lowest BCUT2D eigenvalue weighted by Crippen LogP contribution is -2.28. The quantitative estimate of drug-likeness (QED) is 0.717. The van der Waals surface area contributed by atoms with Crippen molar-refractivity contribution in [2.75, 3.05) is 26.6 Å². The molecule has 28 heavy (non-hydrogen) atoms. The molecule has 0 aliphatic rings. The molecule has 2 aromatic rings. The number of rotatable bonds is 7. The van der Waals surface area contributed by atoms with Crippen LogP contribution in [0, 0.1) is 0 Å². The summed E-state index contributed by atoms with van der Waals surface area (Å²) in [7, 11) is 0.389. The SMILES string of the molecule is COc1cc(C(=O)Nc2ccc(S(=O)(=O)NC(C)=O)cc2)cc(OC)c1OC. The lowest BCUT2D eigenvalue weighted by molar-refractivity contribution is -0.117. The number of sulfonamides is 1. The lowest BCUT2D eigenvalue weighted by Gasteiger charge is -2.14. The number of ether oxygens (including phenoxy) is 3. The molecule has 0 saturated heterocycles. The zero-order valence-electron chi connectivity index (χ0n) is 15.7. The largest absolute Gasteiger partial charge is 0.493 e. The zero-order valence-corrected chi connectivity index (χ0v) is 16.5. The summed E-state index contributed by atoms with van der Waals surface area (Å²) < 4.78 is 41.4. The topological polar surface area (TPSA) is 120 Å². The van der Waals surface area contributed by atoms with Crippen LogP contribution in [-0.4, -0.2) is 41.6 Å². The Morgan fingerprint density at radius 1 is 0.893 bits per heavy atom. The Kier molecular flexibility index (Phi) is 6.47. The molecule has 9 nitrogen and oxygen atoms in total. The Morgan fingerprint density at radius 3 is 1.86 bits per heavy atom. The van der Waals surface area contributed by atoms with Gasteiger partial charge in [0.2, 0.25) is 11.7 Å². The Labute approximate surface area is 162 Å². The van der Waals surface area contributed by atoms with Gasteiger partial charge in [-0.1, -0.05) is 0 Å². The lowest BCUT2D eigenvalue weighted by atomic mass is 10.1. The second kappa shape index (κ2) is 8.61. The fraction of sp³-hybridized carbons (Fsp3) is 0.222. The summed E-state index contributed by atoms with van der Waals surface area (Å²) in [5.41, 5.74) is 0.616. The van der Waals surface area contributed by atoms with Crippen LogP contribution in [0.1, 0.15) is 17.3 Å². The molecule has 0 radical (unpaired) electrons. The fourth-order valence-electron chi connectivity index (χ4n) is 2.38. The molecule has 0 aliphatic carbocycles. The van der Waals surface area contributed by atoms with Gasteiger partial charge in [-0.15, -0.1) is 0 Å². The molecule has 2 N–H and O–H groups in total. The molecule has 0 fully saturated rings. The highest BCUT2D eigenvalue weighted by molar-refractivity contribution is 7.90. The number of hydrogen-bond donors (Lipinski definition) is 2. The Morgan fingerprint density at radius 2 is 1.43 bits per heavy atom. The summed E-state index contributed by atoms with van der Waals surface area (Å²) in [4.78, 5) is 23.4. The van der Waals surface area contributed by atoms with Crippen molar-refractivity contribution < 1.29 is 32.2 Å². The number of anilines is 1. The maximum atomic E-state index is 12.5. The Hall–Kier alpha value is -3.27. The molecule has 0 atom stereocenters. The molecule has 150 valence electrons. The number of amides is 2. The summed E-state index contributed by atoms with van der Waals surface area (Å²) >= 11 is 0. The Bertz CT molecular complexity index is 960. The molecule has 0 aromatic heterocycles. The van der Waals surface area contributed by atoms with E-state index in [1.165, 1.54) is 57.7 Å². The van der Waals surface area contributed by atoms with E-state index < -0.39 is 21.8 Å². The minimum absolute atomic E-state index is 0.103. The van der Waals surface area contributed by atoms with Crippen LogP contribution in [0.5, 0.6) is 17.2 Å². The van der Waals surface area contributed by atoms with Gasteiger partial charge in [-0.3, -0.25) is 9.59 Å². The van der Waals surface area contributed by atoms with Crippen molar-refractivity contribution >= 4 is 27.5 Å². The number of methoxy groups -OCH3 is 3. The first-order valence-electron chi connectivity index (χ1n) is 7.96. The fourth-order valence-corrected chi connectivity index (χ4v) is 3.37. The highest BCUT2D eigenvalue weighted by Gasteiger charge is 2.18.